The van der Waals surface area contributed by atoms with Crippen molar-refractivity contribution in [3.05, 3.63) is 46.9 Å². The highest BCUT2D eigenvalue weighted by Crippen LogP contribution is 2.32. The molecule has 0 fully saturated rings. The molecule has 0 saturated heterocycles. The van der Waals surface area contributed by atoms with Crippen LogP contribution in [0.2, 0.25) is 0 Å². The van der Waals surface area contributed by atoms with Gasteiger partial charge in [0.05, 0.1) is 0 Å². The van der Waals surface area contributed by atoms with Crippen LogP contribution in [0.1, 0.15) is 38.7 Å². The number of hydrogen-bond acceptors (Lipinski definition) is 2. The van der Waals surface area contributed by atoms with Crippen LogP contribution < -0.4 is 5.32 Å². The van der Waals surface area contributed by atoms with Gasteiger partial charge >= 0.3 is 0 Å². The highest BCUT2D eigenvalue weighted by Gasteiger charge is 2.17. The molecule has 1 aliphatic rings. The molecule has 1 N–H and O–H groups in total. The summed E-state index contributed by atoms with van der Waals surface area (Å²) in [6.07, 6.45) is 6.84. The van der Waals surface area contributed by atoms with Gasteiger partial charge < -0.3 is 5.32 Å². The molecular formula is C17H23NOS. The normalized spacial score (nSPS) is 18.8. The van der Waals surface area contributed by atoms with Crippen molar-refractivity contribution < 1.29 is 4.79 Å². The number of rotatable bonds is 4. The fourth-order valence-electron chi connectivity index (χ4n) is 2.52. The molecule has 0 bridgehead atoms. The molecule has 0 spiro atoms. The van der Waals surface area contributed by atoms with Gasteiger partial charge in [-0.05, 0) is 67.7 Å². The third kappa shape index (κ3) is 5.04. The van der Waals surface area contributed by atoms with Crippen LogP contribution in [0.5, 0.6) is 0 Å². The second-order valence-electron chi connectivity index (χ2n) is 5.66. The van der Waals surface area contributed by atoms with Crippen molar-refractivity contribution in [2.75, 3.05) is 0 Å². The highest BCUT2D eigenvalue weighted by molar-refractivity contribution is 8.16. The molecule has 0 aromatic heterocycles. The lowest BCUT2D eigenvalue weighted by atomic mass is 9.90. The third-order valence-corrected chi connectivity index (χ3v) is 4.30. The minimum absolute atomic E-state index is 0.0756. The Morgan fingerprint density at radius 2 is 2.10 bits per heavy atom. The molecule has 108 valence electrons. The lowest BCUT2D eigenvalue weighted by Gasteiger charge is -2.21. The van der Waals surface area contributed by atoms with Crippen LogP contribution in [0.15, 0.2) is 41.3 Å². The van der Waals surface area contributed by atoms with Gasteiger partial charge in [0, 0.05) is 6.04 Å². The summed E-state index contributed by atoms with van der Waals surface area (Å²) in [5.74, 6) is 0.570. The van der Waals surface area contributed by atoms with Crippen LogP contribution in [0.4, 0.5) is 4.79 Å². The molecule has 0 saturated carbocycles. The topological polar surface area (TPSA) is 29.1 Å². The minimum Gasteiger partial charge on any atom is -0.345 e. The predicted molar refractivity (Wildman–Crippen MR) is 86.8 cm³/mol. The van der Waals surface area contributed by atoms with Crippen molar-refractivity contribution in [1.29, 1.82) is 0 Å². The Bertz CT molecular complexity index is 467. The van der Waals surface area contributed by atoms with Crippen LogP contribution in [-0.4, -0.2) is 11.3 Å². The van der Waals surface area contributed by atoms with Crippen LogP contribution in [0, 0.1) is 5.92 Å². The zero-order valence-electron chi connectivity index (χ0n) is 12.3. The molecule has 3 heteroatoms. The van der Waals surface area contributed by atoms with Gasteiger partial charge in [-0.3, -0.25) is 4.79 Å². The summed E-state index contributed by atoms with van der Waals surface area (Å²) >= 11 is 1.37. The summed E-state index contributed by atoms with van der Waals surface area (Å²) in [5, 5.41) is 3.01. The Kier molecular flexibility index (Phi) is 5.72. The molecule has 1 aromatic rings. The van der Waals surface area contributed by atoms with E-state index in [4.69, 9.17) is 0 Å². The maximum atomic E-state index is 11.8. The number of thioether (sulfide) groups is 1. The van der Waals surface area contributed by atoms with E-state index in [0.29, 0.717) is 5.92 Å². The number of amides is 1. The number of benzene rings is 1. The molecule has 1 aliphatic carbocycles. The number of hydrogen-bond donors (Lipinski definition) is 1. The lowest BCUT2D eigenvalue weighted by Crippen LogP contribution is -2.26. The summed E-state index contributed by atoms with van der Waals surface area (Å²) in [4.78, 5) is 13.0. The summed E-state index contributed by atoms with van der Waals surface area (Å²) in [7, 11) is 0. The molecular weight excluding hydrogens is 266 g/mol. The van der Waals surface area contributed by atoms with E-state index in [1.165, 1.54) is 35.1 Å². The molecule has 20 heavy (non-hydrogen) atoms. The average Bonchev–Trinajstić information content (AvgIpc) is 2.39. The van der Waals surface area contributed by atoms with Crippen molar-refractivity contribution in [3.8, 4) is 0 Å². The van der Waals surface area contributed by atoms with Crippen molar-refractivity contribution in [1.82, 2.24) is 5.32 Å². The van der Waals surface area contributed by atoms with E-state index < -0.39 is 0 Å². The fourth-order valence-corrected chi connectivity index (χ4v) is 3.55. The monoisotopic (exact) mass is 289 g/mol. The zero-order valence-corrected chi connectivity index (χ0v) is 13.1. The van der Waals surface area contributed by atoms with E-state index in [1.807, 2.05) is 13.8 Å². The van der Waals surface area contributed by atoms with Gasteiger partial charge in [-0.25, -0.2) is 0 Å². The number of allylic oxidation sites excluding steroid dienone is 2. The fraction of sp³-hybridized carbons (Fsp3) is 0.471. The van der Waals surface area contributed by atoms with Crippen LogP contribution in [0.3, 0.4) is 0 Å². The molecule has 0 aliphatic heterocycles. The summed E-state index contributed by atoms with van der Waals surface area (Å²) < 4.78 is 0. The summed E-state index contributed by atoms with van der Waals surface area (Å²) in [5.41, 5.74) is 1.38. The first kappa shape index (κ1) is 15.2. The standard InChI is InChI=1S/C17H23NOS/c1-13(2)18-17(19)20-16-10-6-9-15(12-16)11-14-7-4-3-5-8-14/h3-5,7-8,12-13,15H,6,9-11H2,1-2H3,(H,18,19). The Balaban J connectivity index is 1.92. The second-order valence-corrected chi connectivity index (χ2v) is 6.76. The molecule has 1 amide bonds. The molecule has 0 heterocycles. The zero-order chi connectivity index (χ0) is 14.4. The first-order valence-corrected chi connectivity index (χ1v) is 8.18. The minimum atomic E-state index is 0.0756. The Labute approximate surface area is 126 Å². The predicted octanol–water partition coefficient (Wildman–Crippen LogP) is 4.76. The molecule has 0 radical (unpaired) electrons. The Hall–Kier alpha value is -1.22. The quantitative estimate of drug-likeness (QED) is 0.865. The van der Waals surface area contributed by atoms with Crippen molar-refractivity contribution in [3.63, 3.8) is 0 Å². The third-order valence-electron chi connectivity index (χ3n) is 3.39. The number of nitrogens with one attached hydrogen (secondary N) is 1. The maximum Gasteiger partial charge on any atom is 0.283 e. The van der Waals surface area contributed by atoms with Crippen molar-refractivity contribution in [2.24, 2.45) is 5.92 Å². The Morgan fingerprint density at radius 3 is 2.80 bits per heavy atom. The van der Waals surface area contributed by atoms with Gasteiger partial charge in [0.15, 0.2) is 0 Å². The Morgan fingerprint density at radius 1 is 1.35 bits per heavy atom. The van der Waals surface area contributed by atoms with Gasteiger partial charge in [-0.1, -0.05) is 36.4 Å². The highest BCUT2D eigenvalue weighted by atomic mass is 32.2. The SMILES string of the molecule is CC(C)NC(=O)SC1=CC(Cc2ccccc2)CCC1. The number of carbonyl (C=O) groups is 1. The number of carbonyl (C=O) groups excluding carboxylic acids is 1. The van der Waals surface area contributed by atoms with Gasteiger partial charge in [0.1, 0.15) is 0 Å². The smallest absolute Gasteiger partial charge is 0.283 e. The van der Waals surface area contributed by atoms with Gasteiger partial charge in [0.2, 0.25) is 0 Å². The summed E-state index contributed by atoms with van der Waals surface area (Å²) in [6, 6.07) is 10.8. The molecule has 1 aromatic carbocycles. The summed E-state index contributed by atoms with van der Waals surface area (Å²) in [6.45, 7) is 3.98. The lowest BCUT2D eigenvalue weighted by molar-refractivity contribution is 0.259. The molecule has 1 unspecified atom stereocenters. The van der Waals surface area contributed by atoms with E-state index in [0.717, 1.165) is 12.8 Å². The van der Waals surface area contributed by atoms with Crippen LogP contribution in [-0.2, 0) is 6.42 Å². The van der Waals surface area contributed by atoms with Crippen LogP contribution >= 0.6 is 11.8 Å². The van der Waals surface area contributed by atoms with Crippen LogP contribution in [0.25, 0.3) is 0 Å². The van der Waals surface area contributed by atoms with Crippen molar-refractivity contribution >= 4 is 17.0 Å². The maximum absolute atomic E-state index is 11.8. The largest absolute Gasteiger partial charge is 0.345 e. The first-order valence-electron chi connectivity index (χ1n) is 7.36. The molecule has 1 atom stereocenters. The van der Waals surface area contributed by atoms with E-state index in [2.05, 4.69) is 41.7 Å². The van der Waals surface area contributed by atoms with E-state index >= 15 is 0 Å². The van der Waals surface area contributed by atoms with Gasteiger partial charge in [0.25, 0.3) is 5.24 Å². The molecule has 2 nitrogen and oxygen atoms in total. The average molecular weight is 289 g/mol. The van der Waals surface area contributed by atoms with E-state index in [1.54, 1.807) is 0 Å². The van der Waals surface area contributed by atoms with E-state index in [-0.39, 0.29) is 11.3 Å². The van der Waals surface area contributed by atoms with Crippen molar-refractivity contribution in [2.45, 2.75) is 45.6 Å². The first-order chi connectivity index (χ1) is 9.63. The molecule has 2 rings (SSSR count). The second kappa shape index (κ2) is 7.53. The van der Waals surface area contributed by atoms with Gasteiger partial charge in [-0.2, -0.15) is 0 Å². The van der Waals surface area contributed by atoms with Gasteiger partial charge in [-0.15, -0.1) is 0 Å². The van der Waals surface area contributed by atoms with E-state index in [9.17, 15) is 4.79 Å².